The van der Waals surface area contributed by atoms with Crippen LogP contribution < -0.4 is 5.32 Å². The van der Waals surface area contributed by atoms with Crippen LogP contribution in [0.15, 0.2) is 72.4 Å². The second kappa shape index (κ2) is 9.05. The van der Waals surface area contributed by atoms with Gasteiger partial charge in [-0.3, -0.25) is 4.79 Å². The zero-order valence-corrected chi connectivity index (χ0v) is 11.4. The summed E-state index contributed by atoms with van der Waals surface area (Å²) in [7, 11) is 1.88. The van der Waals surface area contributed by atoms with Gasteiger partial charge in [-0.05, 0) is 19.9 Å². The predicted octanol–water partition coefficient (Wildman–Crippen LogP) is 2.40. The second-order valence-corrected chi connectivity index (χ2v) is 3.58. The molecule has 0 fully saturated rings. The van der Waals surface area contributed by atoms with E-state index in [0.717, 1.165) is 11.2 Å². The van der Waals surface area contributed by atoms with Crippen molar-refractivity contribution in [2.75, 3.05) is 0 Å². The van der Waals surface area contributed by atoms with Crippen LogP contribution in [0.5, 0.6) is 0 Å². The maximum atomic E-state index is 12.1. The molecule has 0 spiro atoms. The highest BCUT2D eigenvalue weighted by atomic mass is 16.1. The van der Waals surface area contributed by atoms with Gasteiger partial charge in [0.2, 0.25) is 0 Å². The number of nitrogens with one attached hydrogen (secondary N) is 1. The summed E-state index contributed by atoms with van der Waals surface area (Å²) < 4.78 is 0. The Kier molecular flexibility index (Phi) is 8.03. The third-order valence-corrected chi connectivity index (χ3v) is 2.31. The average Bonchev–Trinajstić information content (AvgIpc) is 2.35. The largest absolute Gasteiger partial charge is 0.322 e. The fourth-order valence-electron chi connectivity index (χ4n) is 1.38. The average molecular weight is 241 g/mol. The number of allylic oxidation sites excluding steroid dienone is 7. The molecule has 0 rings (SSSR count). The first-order valence-corrected chi connectivity index (χ1v) is 5.83. The summed E-state index contributed by atoms with van der Waals surface area (Å²) >= 11 is 0. The second-order valence-electron chi connectivity index (χ2n) is 3.58. The van der Waals surface area contributed by atoms with Gasteiger partial charge in [0.05, 0.1) is 0 Å². The molecule has 0 saturated carbocycles. The summed E-state index contributed by atoms with van der Waals surface area (Å²) in [4.78, 5) is 12.1. The Morgan fingerprint density at radius 3 is 2.28 bits per heavy atom. The van der Waals surface area contributed by atoms with E-state index in [0.29, 0.717) is 5.57 Å². The zero-order valence-electron chi connectivity index (χ0n) is 11.4. The number of carbonyl (C=O) groups is 1. The lowest BCUT2D eigenvalue weighted by Gasteiger charge is -2.09. The highest BCUT2D eigenvalue weighted by Gasteiger charge is 2.09. The Labute approximate surface area is 111 Å². The molecule has 0 heterocycles. The highest BCUT2D eigenvalue weighted by molar-refractivity contribution is 6.29. The van der Waals surface area contributed by atoms with Crippen LogP contribution in [0.3, 0.4) is 0 Å². The number of rotatable bonds is 6. The molecule has 0 bridgehead atoms. The van der Waals surface area contributed by atoms with Crippen LogP contribution in [0, 0.1) is 0 Å². The first kappa shape index (κ1) is 16.0. The van der Waals surface area contributed by atoms with Gasteiger partial charge in [-0.2, -0.15) is 0 Å². The summed E-state index contributed by atoms with van der Waals surface area (Å²) in [6, 6.07) is 0. The van der Waals surface area contributed by atoms with E-state index in [2.05, 4.69) is 18.5 Å². The lowest BCUT2D eigenvalue weighted by Crippen LogP contribution is -2.24. The van der Waals surface area contributed by atoms with Crippen LogP contribution in [0.25, 0.3) is 0 Å². The normalized spacial score (nSPS) is 13.6. The molecule has 0 aliphatic heterocycles. The van der Waals surface area contributed by atoms with E-state index in [1.54, 1.807) is 30.4 Å². The molecule has 1 N–H and O–H groups in total. The van der Waals surface area contributed by atoms with Gasteiger partial charge in [-0.1, -0.05) is 55.1 Å². The molecular weight excluding hydrogens is 221 g/mol. The molecule has 0 aromatic carbocycles. The van der Waals surface area contributed by atoms with Crippen molar-refractivity contribution in [3.05, 3.63) is 72.4 Å². The SMILES string of the molecule is BC(=C/C=C)/C(=C\C)C(=O)NC(/C=C\C=C)=C/C. The Morgan fingerprint density at radius 1 is 1.17 bits per heavy atom. The number of carbonyl (C=O) groups excluding carboxylic acids is 1. The topological polar surface area (TPSA) is 29.1 Å². The smallest absolute Gasteiger partial charge is 0.254 e. The quantitative estimate of drug-likeness (QED) is 0.432. The zero-order chi connectivity index (χ0) is 14.0. The monoisotopic (exact) mass is 241 g/mol. The van der Waals surface area contributed by atoms with Gasteiger partial charge in [0.1, 0.15) is 7.85 Å². The minimum atomic E-state index is -0.130. The van der Waals surface area contributed by atoms with Gasteiger partial charge in [0, 0.05) is 11.3 Å². The highest BCUT2D eigenvalue weighted by Crippen LogP contribution is 2.08. The summed E-state index contributed by atoms with van der Waals surface area (Å²) in [6.07, 6.45) is 12.3. The summed E-state index contributed by atoms with van der Waals surface area (Å²) in [5, 5.41) is 2.84. The summed E-state index contributed by atoms with van der Waals surface area (Å²) in [5.41, 5.74) is 2.26. The molecule has 0 unspecified atom stereocenters. The number of amides is 1. The van der Waals surface area contributed by atoms with Gasteiger partial charge in [0.25, 0.3) is 5.91 Å². The van der Waals surface area contributed by atoms with Crippen LogP contribution >= 0.6 is 0 Å². The van der Waals surface area contributed by atoms with E-state index in [1.165, 1.54) is 0 Å². The van der Waals surface area contributed by atoms with E-state index in [4.69, 9.17) is 0 Å². The molecule has 0 radical (unpaired) electrons. The molecule has 94 valence electrons. The van der Waals surface area contributed by atoms with Gasteiger partial charge in [-0.25, -0.2) is 0 Å². The Bertz CT molecular complexity index is 439. The van der Waals surface area contributed by atoms with Crippen molar-refractivity contribution in [3.8, 4) is 0 Å². The maximum absolute atomic E-state index is 12.1. The lowest BCUT2D eigenvalue weighted by atomic mass is 9.87. The molecule has 0 atom stereocenters. The van der Waals surface area contributed by atoms with Crippen molar-refractivity contribution >= 4 is 13.8 Å². The fourth-order valence-corrected chi connectivity index (χ4v) is 1.38. The van der Waals surface area contributed by atoms with E-state index < -0.39 is 0 Å². The summed E-state index contributed by atoms with van der Waals surface area (Å²) in [6.45, 7) is 10.9. The van der Waals surface area contributed by atoms with Crippen molar-refractivity contribution < 1.29 is 4.79 Å². The van der Waals surface area contributed by atoms with Gasteiger partial charge >= 0.3 is 0 Å². The molecule has 1 amide bonds. The fraction of sp³-hybridized carbons (Fsp3) is 0.133. The molecule has 0 saturated heterocycles. The van der Waals surface area contributed by atoms with E-state index in [-0.39, 0.29) is 5.91 Å². The van der Waals surface area contributed by atoms with Crippen LogP contribution in [0.2, 0.25) is 0 Å². The van der Waals surface area contributed by atoms with Crippen molar-refractivity contribution in [2.45, 2.75) is 13.8 Å². The van der Waals surface area contributed by atoms with Crippen molar-refractivity contribution in [1.29, 1.82) is 0 Å². The lowest BCUT2D eigenvalue weighted by molar-refractivity contribution is -0.116. The third-order valence-electron chi connectivity index (χ3n) is 2.31. The van der Waals surface area contributed by atoms with E-state index in [9.17, 15) is 4.79 Å². The minimum Gasteiger partial charge on any atom is -0.322 e. The molecule has 2 nitrogen and oxygen atoms in total. The molecule has 0 aromatic rings. The van der Waals surface area contributed by atoms with Crippen molar-refractivity contribution in [2.24, 2.45) is 0 Å². The van der Waals surface area contributed by atoms with Crippen LogP contribution in [0.1, 0.15) is 13.8 Å². The van der Waals surface area contributed by atoms with E-state index >= 15 is 0 Å². The number of hydrogen-bond donors (Lipinski definition) is 1. The molecule has 0 aromatic heterocycles. The first-order valence-electron chi connectivity index (χ1n) is 5.83. The van der Waals surface area contributed by atoms with Crippen molar-refractivity contribution in [3.63, 3.8) is 0 Å². The number of hydrogen-bond acceptors (Lipinski definition) is 1. The standard InChI is InChI=1S/C15H20BNO/c1-5-9-11-12(7-3)17-15(18)13(8-4)14(16)10-6-2/h5-11H,1-2,16H2,3-4H3,(H,17,18)/b11-9-,12-7+,13-8+,14-10+. The van der Waals surface area contributed by atoms with Crippen LogP contribution in [-0.2, 0) is 4.79 Å². The van der Waals surface area contributed by atoms with Gasteiger partial charge in [0.15, 0.2) is 0 Å². The summed E-state index contributed by atoms with van der Waals surface area (Å²) in [5.74, 6) is -0.130. The maximum Gasteiger partial charge on any atom is 0.254 e. The van der Waals surface area contributed by atoms with Gasteiger partial charge < -0.3 is 5.32 Å². The van der Waals surface area contributed by atoms with Crippen LogP contribution in [-0.4, -0.2) is 13.8 Å². The first-order chi connectivity index (χ1) is 8.60. The van der Waals surface area contributed by atoms with Crippen LogP contribution in [0.4, 0.5) is 0 Å². The Morgan fingerprint density at radius 2 is 1.83 bits per heavy atom. The van der Waals surface area contributed by atoms with Crippen molar-refractivity contribution in [1.82, 2.24) is 5.32 Å². The molecular formula is C15H20BNO. The third kappa shape index (κ3) is 5.35. The molecule has 3 heteroatoms. The van der Waals surface area contributed by atoms with E-state index in [1.807, 2.05) is 33.8 Å². The molecule has 0 aliphatic rings. The Hall–Kier alpha value is -2.03. The Balaban J connectivity index is 4.94. The minimum absolute atomic E-state index is 0.130. The van der Waals surface area contributed by atoms with Gasteiger partial charge in [-0.15, -0.1) is 0 Å². The predicted molar refractivity (Wildman–Crippen MR) is 81.8 cm³/mol. The molecule has 0 aliphatic carbocycles. The molecule has 18 heavy (non-hydrogen) atoms.